The average molecular weight is 240 g/mol. The maximum absolute atomic E-state index is 12.8. The number of hydrogen-bond donors (Lipinski definition) is 1. The van der Waals surface area contributed by atoms with Gasteiger partial charge in [-0.05, 0) is 19.4 Å². The van der Waals surface area contributed by atoms with Crippen molar-refractivity contribution >= 4 is 0 Å². The summed E-state index contributed by atoms with van der Waals surface area (Å²) in [5.74, 6) is 0.249. The summed E-state index contributed by atoms with van der Waals surface area (Å²) in [6.45, 7) is 6.02. The predicted molar refractivity (Wildman–Crippen MR) is 60.2 cm³/mol. The molecule has 0 aliphatic rings. The van der Waals surface area contributed by atoms with E-state index in [4.69, 9.17) is 5.73 Å². The predicted octanol–water partition coefficient (Wildman–Crippen LogP) is 2.63. The highest BCUT2D eigenvalue weighted by Crippen LogP contribution is 2.27. The van der Waals surface area contributed by atoms with Gasteiger partial charge in [0.05, 0.1) is 0 Å². The van der Waals surface area contributed by atoms with E-state index in [1.54, 1.807) is 6.92 Å². The fraction of sp³-hybridized carbons (Fsp3) is 1.00. The molecule has 16 heavy (non-hydrogen) atoms. The number of halogens is 3. The van der Waals surface area contributed by atoms with Crippen LogP contribution in [0, 0.1) is 5.92 Å². The van der Waals surface area contributed by atoms with Gasteiger partial charge in [-0.2, -0.15) is 13.2 Å². The van der Waals surface area contributed by atoms with Crippen LogP contribution in [0.1, 0.15) is 33.6 Å². The Labute approximate surface area is 96.0 Å². The molecule has 0 fully saturated rings. The molecule has 98 valence electrons. The topological polar surface area (TPSA) is 29.3 Å². The minimum Gasteiger partial charge on any atom is -0.326 e. The molecule has 0 amide bonds. The summed E-state index contributed by atoms with van der Waals surface area (Å²) in [7, 11) is 1.50. The van der Waals surface area contributed by atoms with E-state index in [1.165, 1.54) is 11.9 Å². The maximum Gasteiger partial charge on any atom is 0.405 e. The second kappa shape index (κ2) is 6.45. The van der Waals surface area contributed by atoms with Gasteiger partial charge < -0.3 is 5.73 Å². The van der Waals surface area contributed by atoms with Gasteiger partial charge in [-0.1, -0.05) is 27.2 Å². The lowest BCUT2D eigenvalue weighted by Crippen LogP contribution is -2.55. The molecular formula is C11H23F3N2. The first-order valence-electron chi connectivity index (χ1n) is 5.76. The zero-order chi connectivity index (χ0) is 12.9. The van der Waals surface area contributed by atoms with E-state index >= 15 is 0 Å². The monoisotopic (exact) mass is 240 g/mol. The number of hydrogen-bond acceptors (Lipinski definition) is 2. The van der Waals surface area contributed by atoms with Crippen molar-refractivity contribution in [1.29, 1.82) is 0 Å². The van der Waals surface area contributed by atoms with Crippen LogP contribution < -0.4 is 5.73 Å². The van der Waals surface area contributed by atoms with E-state index in [0.29, 0.717) is 13.0 Å². The Morgan fingerprint density at radius 3 is 2.00 bits per heavy atom. The van der Waals surface area contributed by atoms with Gasteiger partial charge >= 0.3 is 6.18 Å². The average Bonchev–Trinajstić information content (AvgIpc) is 2.15. The van der Waals surface area contributed by atoms with Crippen LogP contribution in [0.5, 0.6) is 0 Å². The highest BCUT2D eigenvalue weighted by molar-refractivity contribution is 4.86. The first-order chi connectivity index (χ1) is 7.23. The molecule has 0 aliphatic carbocycles. The second-order valence-electron chi connectivity index (χ2n) is 4.51. The summed E-state index contributed by atoms with van der Waals surface area (Å²) in [5.41, 5.74) is 5.56. The highest BCUT2D eigenvalue weighted by Gasteiger charge is 2.45. The first-order valence-corrected chi connectivity index (χ1v) is 5.76. The summed E-state index contributed by atoms with van der Waals surface area (Å²) in [5, 5.41) is 0. The van der Waals surface area contributed by atoms with Crippen molar-refractivity contribution in [2.24, 2.45) is 11.7 Å². The highest BCUT2D eigenvalue weighted by atomic mass is 19.4. The number of alkyl halides is 3. The zero-order valence-corrected chi connectivity index (χ0v) is 10.5. The van der Waals surface area contributed by atoms with Gasteiger partial charge in [-0.25, -0.2) is 0 Å². The third kappa shape index (κ3) is 4.70. The molecule has 0 aromatic rings. The van der Waals surface area contributed by atoms with E-state index in [9.17, 15) is 13.2 Å². The van der Waals surface area contributed by atoms with Gasteiger partial charge in [0, 0.05) is 12.6 Å². The van der Waals surface area contributed by atoms with Crippen molar-refractivity contribution in [3.05, 3.63) is 0 Å². The molecule has 0 aliphatic heterocycles. The zero-order valence-electron chi connectivity index (χ0n) is 10.5. The van der Waals surface area contributed by atoms with Gasteiger partial charge in [0.25, 0.3) is 0 Å². The number of nitrogens with two attached hydrogens (primary N) is 1. The van der Waals surface area contributed by atoms with Crippen LogP contribution in [0.15, 0.2) is 0 Å². The van der Waals surface area contributed by atoms with Gasteiger partial charge in [0.1, 0.15) is 6.04 Å². The smallest absolute Gasteiger partial charge is 0.326 e. The molecule has 0 spiro atoms. The van der Waals surface area contributed by atoms with Crippen LogP contribution in [-0.2, 0) is 0 Å². The largest absolute Gasteiger partial charge is 0.405 e. The van der Waals surface area contributed by atoms with E-state index in [-0.39, 0.29) is 5.92 Å². The van der Waals surface area contributed by atoms with E-state index in [2.05, 4.69) is 0 Å². The molecular weight excluding hydrogens is 217 g/mol. The molecule has 5 heteroatoms. The normalized spacial score (nSPS) is 18.6. The SMILES string of the molecule is CCC(C)CN(C)C(C(N)CC)C(F)(F)F. The van der Waals surface area contributed by atoms with Crippen LogP contribution in [0.25, 0.3) is 0 Å². The van der Waals surface area contributed by atoms with Crippen molar-refractivity contribution in [2.75, 3.05) is 13.6 Å². The number of nitrogens with zero attached hydrogens (tertiary/aromatic N) is 1. The van der Waals surface area contributed by atoms with Crippen LogP contribution in [0.2, 0.25) is 0 Å². The third-order valence-electron chi connectivity index (χ3n) is 2.98. The molecule has 3 unspecified atom stereocenters. The molecule has 0 radical (unpaired) electrons. The molecule has 3 atom stereocenters. The van der Waals surface area contributed by atoms with Crippen LogP contribution in [-0.4, -0.2) is 36.8 Å². The Bertz CT molecular complexity index is 194. The fourth-order valence-electron chi connectivity index (χ4n) is 1.78. The lowest BCUT2D eigenvalue weighted by molar-refractivity contribution is -0.187. The van der Waals surface area contributed by atoms with Crippen molar-refractivity contribution in [1.82, 2.24) is 4.90 Å². The second-order valence-corrected chi connectivity index (χ2v) is 4.51. The van der Waals surface area contributed by atoms with Crippen LogP contribution in [0.3, 0.4) is 0 Å². The van der Waals surface area contributed by atoms with Crippen LogP contribution in [0.4, 0.5) is 13.2 Å². The molecule has 2 N–H and O–H groups in total. The first kappa shape index (κ1) is 15.7. The van der Waals surface area contributed by atoms with E-state index in [0.717, 1.165) is 6.42 Å². The summed E-state index contributed by atoms with van der Waals surface area (Å²) in [4.78, 5) is 1.34. The Morgan fingerprint density at radius 1 is 1.19 bits per heavy atom. The summed E-state index contributed by atoms with van der Waals surface area (Å²) in [6.07, 6.45) is -3.05. The Morgan fingerprint density at radius 2 is 1.69 bits per heavy atom. The number of rotatable bonds is 6. The van der Waals surface area contributed by atoms with E-state index in [1.807, 2.05) is 13.8 Å². The minimum absolute atomic E-state index is 0.249. The Balaban J connectivity index is 4.64. The molecule has 0 aromatic heterocycles. The van der Waals surface area contributed by atoms with Gasteiger partial charge in [0.2, 0.25) is 0 Å². The molecule has 0 saturated carbocycles. The van der Waals surface area contributed by atoms with Crippen LogP contribution >= 0.6 is 0 Å². The summed E-state index contributed by atoms with van der Waals surface area (Å²) in [6, 6.07) is -2.39. The van der Waals surface area contributed by atoms with Gasteiger partial charge in [0.15, 0.2) is 0 Å². The molecule has 0 saturated heterocycles. The fourth-order valence-corrected chi connectivity index (χ4v) is 1.78. The third-order valence-corrected chi connectivity index (χ3v) is 2.98. The minimum atomic E-state index is -4.25. The molecule has 0 heterocycles. The van der Waals surface area contributed by atoms with Crippen molar-refractivity contribution < 1.29 is 13.2 Å². The van der Waals surface area contributed by atoms with Gasteiger partial charge in [-0.15, -0.1) is 0 Å². The van der Waals surface area contributed by atoms with E-state index < -0.39 is 18.3 Å². The lowest BCUT2D eigenvalue weighted by atomic mass is 10.0. The summed E-state index contributed by atoms with van der Waals surface area (Å²) < 4.78 is 38.5. The maximum atomic E-state index is 12.8. The quantitative estimate of drug-likeness (QED) is 0.773. The van der Waals surface area contributed by atoms with Crippen molar-refractivity contribution in [3.8, 4) is 0 Å². The molecule has 0 rings (SSSR count). The Kier molecular flexibility index (Phi) is 6.33. The lowest BCUT2D eigenvalue weighted by Gasteiger charge is -2.35. The molecule has 2 nitrogen and oxygen atoms in total. The van der Waals surface area contributed by atoms with Crippen molar-refractivity contribution in [3.63, 3.8) is 0 Å². The van der Waals surface area contributed by atoms with Gasteiger partial charge in [-0.3, -0.25) is 4.90 Å². The number of likely N-dealkylation sites (N-methyl/N-ethyl adjacent to an activating group) is 1. The molecule has 0 aromatic carbocycles. The molecule has 0 bridgehead atoms. The van der Waals surface area contributed by atoms with Crippen molar-refractivity contribution in [2.45, 2.75) is 51.9 Å². The Hall–Kier alpha value is -0.290. The standard InChI is InChI=1S/C11H23F3N2/c1-5-8(3)7-16(4)10(9(15)6-2)11(12,13)14/h8-10H,5-7,15H2,1-4H3. The summed E-state index contributed by atoms with van der Waals surface area (Å²) >= 11 is 0.